The minimum atomic E-state index is 0.132. The summed E-state index contributed by atoms with van der Waals surface area (Å²) in [5.74, 6) is 1.01. The Hall–Kier alpha value is -1.37. The quantitative estimate of drug-likeness (QED) is 0.728. The summed E-state index contributed by atoms with van der Waals surface area (Å²) in [6.07, 6.45) is 2.84. The first-order valence-electron chi connectivity index (χ1n) is 7.46. The van der Waals surface area contributed by atoms with Gasteiger partial charge in [-0.3, -0.25) is 4.79 Å². The molecule has 20 heavy (non-hydrogen) atoms. The molecule has 0 aromatic heterocycles. The molecule has 2 rings (SSSR count). The van der Waals surface area contributed by atoms with Gasteiger partial charge in [0.05, 0.1) is 0 Å². The third-order valence-corrected chi connectivity index (χ3v) is 4.43. The summed E-state index contributed by atoms with van der Waals surface area (Å²) >= 11 is 0. The third kappa shape index (κ3) is 3.03. The van der Waals surface area contributed by atoms with Crippen LogP contribution < -0.4 is 0 Å². The SMILES string of the molecule is CC(C)=C[C@@H]1[C@@H](C(=O)Cc2cc(C)cc(C)c2)C1(C)C. The molecule has 1 aromatic carbocycles. The van der Waals surface area contributed by atoms with Gasteiger partial charge in [0.15, 0.2) is 0 Å². The Balaban J connectivity index is 2.12. The lowest BCUT2D eigenvalue weighted by atomic mass is 9.99. The van der Waals surface area contributed by atoms with Gasteiger partial charge in [-0.2, -0.15) is 0 Å². The van der Waals surface area contributed by atoms with Gasteiger partial charge >= 0.3 is 0 Å². The summed E-state index contributed by atoms with van der Waals surface area (Å²) < 4.78 is 0. The predicted molar refractivity (Wildman–Crippen MR) is 84.8 cm³/mol. The summed E-state index contributed by atoms with van der Waals surface area (Å²) in [6, 6.07) is 6.42. The average Bonchev–Trinajstić information content (AvgIpc) is 2.77. The van der Waals surface area contributed by atoms with Gasteiger partial charge in [0.2, 0.25) is 0 Å². The molecular formula is C19H26O. The molecule has 0 N–H and O–H groups in total. The van der Waals surface area contributed by atoms with Crippen LogP contribution in [-0.2, 0) is 11.2 Å². The maximum atomic E-state index is 12.6. The molecule has 0 saturated heterocycles. The van der Waals surface area contributed by atoms with E-state index in [1.54, 1.807) is 0 Å². The zero-order valence-corrected chi connectivity index (χ0v) is 13.6. The van der Waals surface area contributed by atoms with Crippen LogP contribution in [0.25, 0.3) is 0 Å². The van der Waals surface area contributed by atoms with Crippen molar-refractivity contribution in [1.82, 2.24) is 0 Å². The van der Waals surface area contributed by atoms with Gasteiger partial charge in [-0.05, 0) is 44.6 Å². The number of aryl methyl sites for hydroxylation is 2. The number of hydrogen-bond acceptors (Lipinski definition) is 1. The lowest BCUT2D eigenvalue weighted by molar-refractivity contribution is -0.120. The molecule has 1 aromatic rings. The molecule has 0 aliphatic heterocycles. The van der Waals surface area contributed by atoms with E-state index in [1.165, 1.54) is 16.7 Å². The number of benzene rings is 1. The molecule has 1 aliphatic rings. The second-order valence-electron chi connectivity index (χ2n) is 7.21. The van der Waals surface area contributed by atoms with E-state index in [0.717, 1.165) is 5.56 Å². The van der Waals surface area contributed by atoms with Crippen molar-refractivity contribution < 1.29 is 4.79 Å². The smallest absolute Gasteiger partial charge is 0.141 e. The number of hydrogen-bond donors (Lipinski definition) is 0. The predicted octanol–water partition coefficient (Wildman–Crippen LogP) is 4.65. The van der Waals surface area contributed by atoms with Crippen molar-refractivity contribution in [2.24, 2.45) is 17.3 Å². The average molecular weight is 270 g/mol. The summed E-state index contributed by atoms with van der Waals surface area (Å²) in [5, 5.41) is 0. The van der Waals surface area contributed by atoms with Gasteiger partial charge in [-0.25, -0.2) is 0 Å². The summed E-state index contributed by atoms with van der Waals surface area (Å²) in [7, 11) is 0. The number of carbonyl (C=O) groups excluding carboxylic acids is 1. The Morgan fingerprint density at radius 2 is 1.70 bits per heavy atom. The van der Waals surface area contributed by atoms with Crippen LogP contribution in [0.5, 0.6) is 0 Å². The molecule has 0 heterocycles. The maximum Gasteiger partial charge on any atom is 0.141 e. The largest absolute Gasteiger partial charge is 0.299 e. The molecule has 0 radical (unpaired) electrons. The molecule has 1 saturated carbocycles. The molecule has 0 bridgehead atoms. The molecule has 1 fully saturated rings. The Bertz CT molecular complexity index is 539. The van der Waals surface area contributed by atoms with Crippen molar-refractivity contribution in [1.29, 1.82) is 0 Å². The van der Waals surface area contributed by atoms with E-state index in [4.69, 9.17) is 0 Å². The Kier molecular flexibility index (Phi) is 3.90. The van der Waals surface area contributed by atoms with Crippen LogP contribution in [0.2, 0.25) is 0 Å². The van der Waals surface area contributed by atoms with E-state index in [9.17, 15) is 4.79 Å². The minimum Gasteiger partial charge on any atom is -0.299 e. The Labute approximate surface area is 123 Å². The minimum absolute atomic E-state index is 0.132. The molecule has 1 heteroatoms. The van der Waals surface area contributed by atoms with Crippen LogP contribution in [0.15, 0.2) is 29.8 Å². The zero-order valence-electron chi connectivity index (χ0n) is 13.6. The molecule has 0 amide bonds. The fourth-order valence-corrected chi connectivity index (χ4v) is 3.45. The van der Waals surface area contributed by atoms with Gasteiger partial charge in [-0.1, -0.05) is 54.8 Å². The van der Waals surface area contributed by atoms with Crippen LogP contribution in [0.4, 0.5) is 0 Å². The second kappa shape index (κ2) is 5.20. The number of rotatable bonds is 4. The fourth-order valence-electron chi connectivity index (χ4n) is 3.45. The lowest BCUT2D eigenvalue weighted by Crippen LogP contribution is -2.09. The first-order valence-corrected chi connectivity index (χ1v) is 7.46. The standard InChI is InChI=1S/C19H26O/c1-12(2)7-16-18(19(16,5)6)17(20)11-15-9-13(3)8-14(4)10-15/h7-10,16,18H,11H2,1-6H3/t16-,18+/m1/s1. The van der Waals surface area contributed by atoms with Crippen molar-refractivity contribution in [2.75, 3.05) is 0 Å². The molecular weight excluding hydrogens is 244 g/mol. The number of carbonyl (C=O) groups is 1. The van der Waals surface area contributed by atoms with E-state index in [2.05, 4.69) is 65.8 Å². The van der Waals surface area contributed by atoms with E-state index >= 15 is 0 Å². The number of Topliss-reactive ketones (excluding diaryl/α,β-unsaturated/α-hetero) is 1. The Morgan fingerprint density at radius 1 is 1.15 bits per heavy atom. The fraction of sp³-hybridized carbons (Fsp3) is 0.526. The summed E-state index contributed by atoms with van der Waals surface area (Å²) in [5.41, 5.74) is 5.08. The zero-order chi connectivity index (χ0) is 15.1. The van der Waals surface area contributed by atoms with Crippen LogP contribution in [0, 0.1) is 31.1 Å². The molecule has 2 atom stereocenters. The van der Waals surface area contributed by atoms with Crippen molar-refractivity contribution >= 4 is 5.78 Å². The highest BCUT2D eigenvalue weighted by Crippen LogP contribution is 2.60. The molecule has 0 spiro atoms. The van der Waals surface area contributed by atoms with E-state index in [0.29, 0.717) is 18.1 Å². The van der Waals surface area contributed by atoms with E-state index < -0.39 is 0 Å². The van der Waals surface area contributed by atoms with Crippen molar-refractivity contribution in [2.45, 2.75) is 48.0 Å². The van der Waals surface area contributed by atoms with Crippen molar-refractivity contribution in [3.63, 3.8) is 0 Å². The first-order chi connectivity index (χ1) is 9.21. The van der Waals surface area contributed by atoms with Crippen LogP contribution >= 0.6 is 0 Å². The van der Waals surface area contributed by atoms with E-state index in [1.807, 2.05) is 0 Å². The van der Waals surface area contributed by atoms with Crippen molar-refractivity contribution in [3.05, 3.63) is 46.5 Å². The van der Waals surface area contributed by atoms with Gasteiger partial charge in [-0.15, -0.1) is 0 Å². The van der Waals surface area contributed by atoms with Gasteiger partial charge in [0, 0.05) is 12.3 Å². The number of allylic oxidation sites excluding steroid dienone is 2. The van der Waals surface area contributed by atoms with Crippen LogP contribution in [-0.4, -0.2) is 5.78 Å². The molecule has 0 unspecified atom stereocenters. The first kappa shape index (κ1) is 15.0. The number of ketones is 1. The monoisotopic (exact) mass is 270 g/mol. The second-order valence-corrected chi connectivity index (χ2v) is 7.21. The van der Waals surface area contributed by atoms with E-state index in [-0.39, 0.29) is 11.3 Å². The molecule has 108 valence electrons. The molecule has 1 aliphatic carbocycles. The van der Waals surface area contributed by atoms with Gasteiger partial charge in [0.1, 0.15) is 5.78 Å². The summed E-state index contributed by atoms with van der Waals surface area (Å²) in [6.45, 7) is 12.8. The highest BCUT2D eigenvalue weighted by atomic mass is 16.1. The van der Waals surface area contributed by atoms with Gasteiger partial charge < -0.3 is 0 Å². The lowest BCUT2D eigenvalue weighted by Gasteiger charge is -2.05. The third-order valence-electron chi connectivity index (χ3n) is 4.43. The topological polar surface area (TPSA) is 17.1 Å². The van der Waals surface area contributed by atoms with Crippen LogP contribution in [0.3, 0.4) is 0 Å². The normalized spacial score (nSPS) is 23.3. The van der Waals surface area contributed by atoms with Gasteiger partial charge in [0.25, 0.3) is 0 Å². The van der Waals surface area contributed by atoms with Crippen LogP contribution in [0.1, 0.15) is 44.4 Å². The maximum absolute atomic E-state index is 12.6. The van der Waals surface area contributed by atoms with Crippen molar-refractivity contribution in [3.8, 4) is 0 Å². The molecule has 1 nitrogen and oxygen atoms in total. The summed E-state index contributed by atoms with van der Waals surface area (Å²) in [4.78, 5) is 12.6. The Morgan fingerprint density at radius 3 is 2.20 bits per heavy atom. The highest BCUT2D eigenvalue weighted by Gasteiger charge is 2.59. The highest BCUT2D eigenvalue weighted by molar-refractivity contribution is 5.87.